The number of guanidine groups is 1. The minimum Gasteiger partial charge on any atom is -0.357 e. The van der Waals surface area contributed by atoms with Gasteiger partial charge in [-0.15, -0.1) is 24.0 Å². The molecule has 29 heavy (non-hydrogen) atoms. The third-order valence-corrected chi connectivity index (χ3v) is 5.32. The molecule has 1 aliphatic heterocycles. The van der Waals surface area contributed by atoms with Crippen molar-refractivity contribution in [3.8, 4) is 0 Å². The average Bonchev–Trinajstić information content (AvgIpc) is 2.75. The lowest BCUT2D eigenvalue weighted by atomic mass is 9.95. The van der Waals surface area contributed by atoms with E-state index in [1.165, 1.54) is 19.3 Å². The molecule has 0 radical (unpaired) electrons. The summed E-state index contributed by atoms with van der Waals surface area (Å²) in [6.45, 7) is 6.83. The smallest absolute Gasteiger partial charge is 0.225 e. The van der Waals surface area contributed by atoms with Crippen molar-refractivity contribution in [2.24, 2.45) is 4.99 Å². The minimum absolute atomic E-state index is 0. The van der Waals surface area contributed by atoms with Crippen molar-refractivity contribution >= 4 is 41.8 Å². The molecular formula is C20H34IN7O. The largest absolute Gasteiger partial charge is 0.357 e. The van der Waals surface area contributed by atoms with Gasteiger partial charge in [-0.3, -0.25) is 9.79 Å². The molecule has 1 aliphatic carbocycles. The van der Waals surface area contributed by atoms with Crippen molar-refractivity contribution in [1.82, 2.24) is 25.5 Å². The summed E-state index contributed by atoms with van der Waals surface area (Å²) in [5.74, 6) is 1.79. The number of piperazine rings is 1. The molecule has 2 N–H and O–H groups in total. The number of halogens is 1. The second-order valence-electron chi connectivity index (χ2n) is 7.41. The predicted octanol–water partition coefficient (Wildman–Crippen LogP) is 2.02. The summed E-state index contributed by atoms with van der Waals surface area (Å²) >= 11 is 0. The van der Waals surface area contributed by atoms with Crippen molar-refractivity contribution in [2.45, 2.75) is 51.5 Å². The zero-order valence-electron chi connectivity index (χ0n) is 17.3. The maximum absolute atomic E-state index is 12.2. The molecular weight excluding hydrogens is 481 g/mol. The van der Waals surface area contributed by atoms with Crippen LogP contribution in [0.2, 0.25) is 0 Å². The first-order valence-corrected chi connectivity index (χ1v) is 10.6. The van der Waals surface area contributed by atoms with Crippen LogP contribution < -0.4 is 15.5 Å². The highest BCUT2D eigenvalue weighted by molar-refractivity contribution is 14.0. The molecule has 162 valence electrons. The Kier molecular flexibility index (Phi) is 10.4. The molecule has 0 bridgehead atoms. The molecule has 8 nitrogen and oxygen atoms in total. The van der Waals surface area contributed by atoms with Gasteiger partial charge in [-0.25, -0.2) is 9.97 Å². The van der Waals surface area contributed by atoms with Crippen molar-refractivity contribution in [3.63, 3.8) is 0 Å². The molecule has 2 aliphatic rings. The van der Waals surface area contributed by atoms with Crippen LogP contribution in [0.15, 0.2) is 23.5 Å². The first-order chi connectivity index (χ1) is 13.8. The van der Waals surface area contributed by atoms with E-state index in [1.54, 1.807) is 12.4 Å². The summed E-state index contributed by atoms with van der Waals surface area (Å²) in [6, 6.07) is 2.20. The first kappa shape index (κ1) is 23.6. The molecule has 2 heterocycles. The maximum atomic E-state index is 12.2. The van der Waals surface area contributed by atoms with Gasteiger partial charge in [-0.05, 0) is 25.8 Å². The van der Waals surface area contributed by atoms with Gasteiger partial charge in [0, 0.05) is 57.6 Å². The Labute approximate surface area is 191 Å². The summed E-state index contributed by atoms with van der Waals surface area (Å²) in [4.78, 5) is 30.0. The van der Waals surface area contributed by atoms with Gasteiger partial charge >= 0.3 is 0 Å². The molecule has 1 amide bonds. The van der Waals surface area contributed by atoms with Crippen molar-refractivity contribution in [2.75, 3.05) is 44.2 Å². The van der Waals surface area contributed by atoms with Crippen LogP contribution in [-0.2, 0) is 4.79 Å². The number of rotatable bonds is 6. The number of carbonyl (C=O) groups is 1. The topological polar surface area (TPSA) is 85.8 Å². The van der Waals surface area contributed by atoms with E-state index >= 15 is 0 Å². The highest BCUT2D eigenvalue weighted by Gasteiger charge is 2.21. The molecule has 9 heteroatoms. The summed E-state index contributed by atoms with van der Waals surface area (Å²) < 4.78 is 0. The molecule has 1 aromatic rings. The van der Waals surface area contributed by atoms with Crippen molar-refractivity contribution in [1.29, 1.82) is 0 Å². The summed E-state index contributed by atoms with van der Waals surface area (Å²) in [6.07, 6.45) is 9.99. The van der Waals surface area contributed by atoms with E-state index in [2.05, 4.69) is 42.3 Å². The average molecular weight is 515 g/mol. The molecule has 1 saturated heterocycles. The van der Waals surface area contributed by atoms with Gasteiger partial charge < -0.3 is 20.4 Å². The predicted molar refractivity (Wildman–Crippen MR) is 127 cm³/mol. The summed E-state index contributed by atoms with van der Waals surface area (Å²) in [7, 11) is 0. The minimum atomic E-state index is 0. The number of nitrogens with zero attached hydrogens (tertiary/aromatic N) is 5. The lowest BCUT2D eigenvalue weighted by Crippen LogP contribution is -2.53. The van der Waals surface area contributed by atoms with Crippen molar-refractivity contribution in [3.05, 3.63) is 18.5 Å². The van der Waals surface area contributed by atoms with E-state index in [-0.39, 0.29) is 29.9 Å². The van der Waals surface area contributed by atoms with Crippen LogP contribution in [0.3, 0.4) is 0 Å². The van der Waals surface area contributed by atoms with Gasteiger partial charge in [-0.2, -0.15) is 0 Å². The second-order valence-corrected chi connectivity index (χ2v) is 7.41. The number of hydrogen-bond acceptors (Lipinski definition) is 5. The summed E-state index contributed by atoms with van der Waals surface area (Å²) in [5.41, 5.74) is 0. The van der Waals surface area contributed by atoms with Crippen molar-refractivity contribution < 1.29 is 4.79 Å². The number of aromatic nitrogens is 2. The van der Waals surface area contributed by atoms with E-state index in [9.17, 15) is 4.79 Å². The zero-order chi connectivity index (χ0) is 19.6. The van der Waals surface area contributed by atoms with Gasteiger partial charge in [0.15, 0.2) is 5.96 Å². The SMILES string of the molecule is CCNC(=NCCC(=O)NC1CCCCC1)N1CCN(c2ncccn2)CC1.I. The number of hydrogen-bond donors (Lipinski definition) is 2. The van der Waals surface area contributed by atoms with E-state index in [1.807, 2.05) is 6.07 Å². The number of amides is 1. The lowest BCUT2D eigenvalue weighted by Gasteiger charge is -2.36. The summed E-state index contributed by atoms with van der Waals surface area (Å²) in [5, 5.41) is 6.52. The third-order valence-electron chi connectivity index (χ3n) is 5.32. The molecule has 1 saturated carbocycles. The fourth-order valence-electron chi connectivity index (χ4n) is 3.81. The van der Waals surface area contributed by atoms with Crippen LogP contribution in [0.1, 0.15) is 45.4 Å². The third kappa shape index (κ3) is 7.60. The van der Waals surface area contributed by atoms with Crippen LogP contribution in [0.5, 0.6) is 0 Å². The van der Waals surface area contributed by atoms with E-state index in [0.29, 0.717) is 19.0 Å². The highest BCUT2D eigenvalue weighted by atomic mass is 127. The van der Waals surface area contributed by atoms with Crippen LogP contribution in [0.4, 0.5) is 5.95 Å². The highest BCUT2D eigenvalue weighted by Crippen LogP contribution is 2.17. The number of aliphatic imine (C=N–C) groups is 1. The number of carbonyl (C=O) groups excluding carboxylic acids is 1. The Balaban J connectivity index is 0.00000300. The van der Waals surface area contributed by atoms with Gasteiger partial charge in [-0.1, -0.05) is 19.3 Å². The van der Waals surface area contributed by atoms with E-state index in [4.69, 9.17) is 0 Å². The normalized spacial score (nSPS) is 18.2. The van der Waals surface area contributed by atoms with Gasteiger partial charge in [0.25, 0.3) is 0 Å². The Morgan fingerprint density at radius 1 is 1.14 bits per heavy atom. The van der Waals surface area contributed by atoms with Crippen LogP contribution >= 0.6 is 24.0 Å². The van der Waals surface area contributed by atoms with Crippen LogP contribution in [0, 0.1) is 0 Å². The Hall–Kier alpha value is -1.65. The Morgan fingerprint density at radius 3 is 2.48 bits per heavy atom. The molecule has 0 atom stereocenters. The first-order valence-electron chi connectivity index (χ1n) is 10.6. The monoisotopic (exact) mass is 515 g/mol. The number of anilines is 1. The molecule has 3 rings (SSSR count). The molecule has 0 spiro atoms. The Bertz CT molecular complexity index is 629. The van der Waals surface area contributed by atoms with Gasteiger partial charge in [0.05, 0.1) is 6.54 Å². The molecule has 0 unspecified atom stereocenters. The van der Waals surface area contributed by atoms with Gasteiger partial charge in [0.1, 0.15) is 0 Å². The Morgan fingerprint density at radius 2 is 1.83 bits per heavy atom. The lowest BCUT2D eigenvalue weighted by molar-refractivity contribution is -0.121. The number of nitrogens with one attached hydrogen (secondary N) is 2. The quantitative estimate of drug-likeness (QED) is 0.343. The zero-order valence-corrected chi connectivity index (χ0v) is 19.7. The fourth-order valence-corrected chi connectivity index (χ4v) is 3.81. The van der Waals surface area contributed by atoms with Gasteiger partial charge in [0.2, 0.25) is 11.9 Å². The maximum Gasteiger partial charge on any atom is 0.225 e. The molecule has 0 aromatic carbocycles. The standard InChI is InChI=1S/C20H33N7O.HI/c1-2-21-19(24-12-9-18(28)25-17-7-4-3-5-8-17)26-13-15-27(16-14-26)20-22-10-6-11-23-20;/h6,10-11,17H,2-5,7-9,12-16H2,1H3,(H,21,24)(H,25,28);1H. The fraction of sp³-hybridized carbons (Fsp3) is 0.700. The van der Waals surface area contributed by atoms with Crippen LogP contribution in [-0.4, -0.2) is 72.0 Å². The molecule has 1 aromatic heterocycles. The van der Waals surface area contributed by atoms with E-state index < -0.39 is 0 Å². The second kappa shape index (κ2) is 12.8. The molecule has 2 fully saturated rings. The van der Waals surface area contributed by atoms with Crippen LogP contribution in [0.25, 0.3) is 0 Å². The van der Waals surface area contributed by atoms with E-state index in [0.717, 1.165) is 57.5 Å².